The van der Waals surface area contributed by atoms with Gasteiger partial charge in [0.05, 0.1) is 31.8 Å². The molecule has 0 N–H and O–H groups in total. The van der Waals surface area contributed by atoms with Gasteiger partial charge in [-0.2, -0.15) is 4.31 Å². The molecule has 0 bridgehead atoms. The third kappa shape index (κ3) is 5.98. The summed E-state index contributed by atoms with van der Waals surface area (Å²) in [5.41, 5.74) is 4.10. The molecule has 3 rings (SSSR count). The Kier molecular flexibility index (Phi) is 9.33. The van der Waals surface area contributed by atoms with Crippen LogP contribution in [0.25, 0.3) is 0 Å². The number of hydrogen-bond acceptors (Lipinski definition) is 7. The highest BCUT2D eigenvalue weighted by molar-refractivity contribution is 7.89. The normalized spacial score (nSPS) is 14.8. The standard InChI is InChI=1S/C27H39N3O6S/c1-8-30-22(6)24(21(5)25(30)27(32)35-7)23(31)17-29(10-9-28-11-13-36-14-12-28)37(33,34)26-19(3)15-18(2)16-20(26)4/h15-16H,8-14,17H2,1-7H3. The quantitative estimate of drug-likeness (QED) is 0.342. The molecule has 1 aliphatic heterocycles. The number of sulfonamides is 1. The maximum atomic E-state index is 14.0. The van der Waals surface area contributed by atoms with Gasteiger partial charge < -0.3 is 14.0 Å². The lowest BCUT2D eigenvalue weighted by Gasteiger charge is -2.30. The Bertz CT molecular complexity index is 1250. The third-order valence-corrected chi connectivity index (χ3v) is 9.18. The lowest BCUT2D eigenvalue weighted by atomic mass is 10.1. The number of aromatic nitrogens is 1. The van der Waals surface area contributed by atoms with E-state index in [2.05, 4.69) is 4.90 Å². The number of benzene rings is 1. The fourth-order valence-corrected chi connectivity index (χ4v) is 7.16. The predicted molar refractivity (Wildman–Crippen MR) is 142 cm³/mol. The summed E-state index contributed by atoms with van der Waals surface area (Å²) in [5.74, 6) is -0.871. The van der Waals surface area contributed by atoms with Gasteiger partial charge in [0.15, 0.2) is 5.78 Å². The van der Waals surface area contributed by atoms with E-state index in [1.54, 1.807) is 32.3 Å². The van der Waals surface area contributed by atoms with Crippen LogP contribution in [-0.4, -0.2) is 87.0 Å². The molecule has 1 aromatic heterocycles. The van der Waals surface area contributed by atoms with E-state index in [1.807, 2.05) is 26.0 Å². The zero-order valence-electron chi connectivity index (χ0n) is 23.0. The number of Topliss-reactive ketones (excluding diaryl/α,β-unsaturated/α-hetero) is 1. The largest absolute Gasteiger partial charge is 0.464 e. The van der Waals surface area contributed by atoms with Crippen molar-refractivity contribution in [2.24, 2.45) is 0 Å². The first-order valence-electron chi connectivity index (χ1n) is 12.6. The van der Waals surface area contributed by atoms with Crippen molar-refractivity contribution in [3.05, 3.63) is 51.3 Å². The number of ether oxygens (including phenoxy) is 2. The molecule has 0 amide bonds. The number of carbonyl (C=O) groups excluding carboxylic acids is 2. The molecule has 10 heteroatoms. The Balaban J connectivity index is 2.02. The predicted octanol–water partition coefficient (Wildman–Crippen LogP) is 3.04. The molecule has 0 atom stereocenters. The molecule has 37 heavy (non-hydrogen) atoms. The van der Waals surface area contributed by atoms with Gasteiger partial charge in [-0.3, -0.25) is 9.69 Å². The van der Waals surface area contributed by atoms with E-state index < -0.39 is 16.0 Å². The number of carbonyl (C=O) groups is 2. The van der Waals surface area contributed by atoms with Crippen molar-refractivity contribution in [3.63, 3.8) is 0 Å². The van der Waals surface area contributed by atoms with Gasteiger partial charge in [0.25, 0.3) is 0 Å². The summed E-state index contributed by atoms with van der Waals surface area (Å²) in [6.07, 6.45) is 0. The zero-order chi connectivity index (χ0) is 27.5. The first-order chi connectivity index (χ1) is 17.4. The van der Waals surface area contributed by atoms with Crippen LogP contribution in [0.1, 0.15) is 55.7 Å². The van der Waals surface area contributed by atoms with Crippen LogP contribution >= 0.6 is 0 Å². The molecular weight excluding hydrogens is 494 g/mol. The Morgan fingerprint density at radius 1 is 1.05 bits per heavy atom. The number of aryl methyl sites for hydroxylation is 3. The summed E-state index contributed by atoms with van der Waals surface area (Å²) in [5, 5.41) is 0. The number of morpholine rings is 1. The molecule has 9 nitrogen and oxygen atoms in total. The van der Waals surface area contributed by atoms with Crippen LogP contribution in [-0.2, 0) is 26.0 Å². The van der Waals surface area contributed by atoms with Crippen molar-refractivity contribution in [2.75, 3.05) is 53.0 Å². The van der Waals surface area contributed by atoms with Crippen LogP contribution in [0, 0.1) is 34.6 Å². The first-order valence-corrected chi connectivity index (χ1v) is 14.1. The number of rotatable bonds is 10. The minimum atomic E-state index is -3.98. The monoisotopic (exact) mass is 533 g/mol. The molecule has 0 aliphatic carbocycles. The van der Waals surface area contributed by atoms with Crippen LogP contribution in [0.2, 0.25) is 0 Å². The van der Waals surface area contributed by atoms with Gasteiger partial charge in [-0.25, -0.2) is 13.2 Å². The number of methoxy groups -OCH3 is 1. The summed E-state index contributed by atoms with van der Waals surface area (Å²) >= 11 is 0. The summed E-state index contributed by atoms with van der Waals surface area (Å²) < 4.78 is 41.5. The minimum absolute atomic E-state index is 0.164. The minimum Gasteiger partial charge on any atom is -0.464 e. The van der Waals surface area contributed by atoms with Gasteiger partial charge in [0.1, 0.15) is 5.69 Å². The van der Waals surface area contributed by atoms with Gasteiger partial charge in [-0.1, -0.05) is 17.7 Å². The second kappa shape index (κ2) is 11.9. The molecule has 2 aromatic rings. The van der Waals surface area contributed by atoms with Crippen molar-refractivity contribution < 1.29 is 27.5 Å². The van der Waals surface area contributed by atoms with Gasteiger partial charge in [0, 0.05) is 44.0 Å². The molecule has 0 spiro atoms. The van der Waals surface area contributed by atoms with E-state index in [0.29, 0.717) is 73.0 Å². The van der Waals surface area contributed by atoms with Gasteiger partial charge in [0.2, 0.25) is 10.0 Å². The van der Waals surface area contributed by atoms with E-state index in [1.165, 1.54) is 11.4 Å². The molecule has 1 aliphatic rings. The summed E-state index contributed by atoms with van der Waals surface area (Å²) in [7, 11) is -2.68. The Morgan fingerprint density at radius 2 is 1.65 bits per heavy atom. The molecular formula is C27H39N3O6S. The second-order valence-electron chi connectivity index (χ2n) is 9.61. The fraction of sp³-hybridized carbons (Fsp3) is 0.556. The molecule has 204 valence electrons. The van der Waals surface area contributed by atoms with Crippen molar-refractivity contribution >= 4 is 21.8 Å². The zero-order valence-corrected chi connectivity index (χ0v) is 23.8. The van der Waals surface area contributed by atoms with E-state index in [9.17, 15) is 18.0 Å². The smallest absolute Gasteiger partial charge is 0.354 e. The molecule has 1 saturated heterocycles. The van der Waals surface area contributed by atoms with Gasteiger partial charge in [-0.15, -0.1) is 0 Å². The Hall–Kier alpha value is -2.53. The summed E-state index contributed by atoms with van der Waals surface area (Å²) in [6, 6.07) is 3.69. The summed E-state index contributed by atoms with van der Waals surface area (Å²) in [4.78, 5) is 28.6. The lowest BCUT2D eigenvalue weighted by Crippen LogP contribution is -2.44. The van der Waals surface area contributed by atoms with E-state index in [4.69, 9.17) is 9.47 Å². The van der Waals surface area contributed by atoms with Crippen LogP contribution in [0.5, 0.6) is 0 Å². The third-order valence-electron chi connectivity index (χ3n) is 7.03. The number of nitrogens with zero attached hydrogens (tertiary/aromatic N) is 3. The fourth-order valence-electron chi connectivity index (χ4n) is 5.36. The molecule has 2 heterocycles. The number of ketones is 1. The van der Waals surface area contributed by atoms with Crippen molar-refractivity contribution in [1.82, 2.24) is 13.8 Å². The van der Waals surface area contributed by atoms with Crippen LogP contribution in [0.3, 0.4) is 0 Å². The number of hydrogen-bond donors (Lipinski definition) is 0. The Labute approximate surface area is 220 Å². The van der Waals surface area contributed by atoms with Crippen molar-refractivity contribution in [1.29, 1.82) is 0 Å². The lowest BCUT2D eigenvalue weighted by molar-refractivity contribution is 0.0362. The Morgan fingerprint density at radius 3 is 2.19 bits per heavy atom. The van der Waals surface area contributed by atoms with Crippen LogP contribution in [0.4, 0.5) is 0 Å². The van der Waals surface area contributed by atoms with Crippen molar-refractivity contribution in [3.8, 4) is 0 Å². The van der Waals surface area contributed by atoms with E-state index in [0.717, 1.165) is 5.56 Å². The van der Waals surface area contributed by atoms with Crippen molar-refractivity contribution in [2.45, 2.75) is 53.0 Å². The van der Waals surface area contributed by atoms with Gasteiger partial charge in [-0.05, 0) is 58.2 Å². The van der Waals surface area contributed by atoms with E-state index >= 15 is 0 Å². The maximum absolute atomic E-state index is 14.0. The highest BCUT2D eigenvalue weighted by Crippen LogP contribution is 2.28. The molecule has 1 aromatic carbocycles. The van der Waals surface area contributed by atoms with Crippen LogP contribution in [0.15, 0.2) is 17.0 Å². The van der Waals surface area contributed by atoms with Gasteiger partial charge >= 0.3 is 5.97 Å². The maximum Gasteiger partial charge on any atom is 0.354 e. The second-order valence-corrected chi connectivity index (χ2v) is 11.5. The molecule has 0 unspecified atom stereocenters. The average molecular weight is 534 g/mol. The molecule has 0 radical (unpaired) electrons. The average Bonchev–Trinajstić information content (AvgIpc) is 3.09. The number of esters is 1. The molecule has 0 saturated carbocycles. The first kappa shape index (κ1) is 29.0. The molecule has 1 fully saturated rings. The van der Waals surface area contributed by atoms with Crippen LogP contribution < -0.4 is 0 Å². The highest BCUT2D eigenvalue weighted by Gasteiger charge is 2.33. The van der Waals surface area contributed by atoms with E-state index in [-0.39, 0.29) is 23.8 Å². The SMILES string of the molecule is CCn1c(C)c(C(=O)CN(CCN2CCOCC2)S(=O)(=O)c2c(C)cc(C)cc2C)c(C)c1C(=O)OC. The highest BCUT2D eigenvalue weighted by atomic mass is 32.2. The summed E-state index contributed by atoms with van der Waals surface area (Å²) in [6.45, 7) is 14.3. The topological polar surface area (TPSA) is 98.2 Å².